The zero-order valence-corrected chi connectivity index (χ0v) is 23.0. The van der Waals surface area contributed by atoms with Crippen LogP contribution >= 0.6 is 24.0 Å². The molecule has 0 radical (unpaired) electrons. The third-order valence-electron chi connectivity index (χ3n) is 5.93. The van der Waals surface area contributed by atoms with Crippen molar-refractivity contribution in [2.45, 2.75) is 32.4 Å². The molecule has 3 rings (SSSR count). The molecule has 2 aromatic carbocycles. The molecule has 1 saturated heterocycles. The summed E-state index contributed by atoms with van der Waals surface area (Å²) in [4.78, 5) is 8.99. The number of anilines is 2. The number of piperidine rings is 1. The molecule has 182 valence electrons. The van der Waals surface area contributed by atoms with Crippen molar-refractivity contribution >= 4 is 41.3 Å². The van der Waals surface area contributed by atoms with Crippen LogP contribution in [0.15, 0.2) is 41.4 Å². The van der Waals surface area contributed by atoms with Crippen LogP contribution in [0.2, 0.25) is 0 Å². The van der Waals surface area contributed by atoms with Gasteiger partial charge in [0.1, 0.15) is 11.5 Å². The van der Waals surface area contributed by atoms with Crippen molar-refractivity contribution in [1.29, 1.82) is 0 Å². The second kappa shape index (κ2) is 12.8. The first-order chi connectivity index (χ1) is 15.4. The van der Waals surface area contributed by atoms with Crippen LogP contribution in [0.4, 0.5) is 11.4 Å². The summed E-state index contributed by atoms with van der Waals surface area (Å²) in [5.41, 5.74) is 4.89. The van der Waals surface area contributed by atoms with E-state index in [0.29, 0.717) is 6.04 Å². The molecule has 1 aliphatic rings. The zero-order valence-electron chi connectivity index (χ0n) is 20.6. The maximum absolute atomic E-state index is 5.42. The minimum atomic E-state index is 0. The highest BCUT2D eigenvalue weighted by Gasteiger charge is 2.21. The smallest absolute Gasteiger partial charge is 0.191 e. The molecule has 2 N–H and O–H groups in total. The lowest BCUT2D eigenvalue weighted by Gasteiger charge is -2.35. The normalized spacial score (nSPS) is 14.4. The lowest BCUT2D eigenvalue weighted by atomic mass is 10.0. The highest BCUT2D eigenvalue weighted by molar-refractivity contribution is 14.0. The van der Waals surface area contributed by atoms with Crippen molar-refractivity contribution in [2.75, 3.05) is 58.3 Å². The molecule has 33 heavy (non-hydrogen) atoms. The van der Waals surface area contributed by atoms with E-state index in [4.69, 9.17) is 9.47 Å². The number of aryl methyl sites for hydroxylation is 1. The van der Waals surface area contributed by atoms with E-state index in [1.807, 2.05) is 13.1 Å². The molecule has 0 aromatic heterocycles. The van der Waals surface area contributed by atoms with Crippen molar-refractivity contribution in [3.05, 3.63) is 47.5 Å². The van der Waals surface area contributed by atoms with Gasteiger partial charge in [-0.25, -0.2) is 0 Å². The average molecular weight is 568 g/mol. The first-order valence-electron chi connectivity index (χ1n) is 11.2. The summed E-state index contributed by atoms with van der Waals surface area (Å²) in [6, 6.07) is 13.0. The summed E-state index contributed by atoms with van der Waals surface area (Å²) >= 11 is 0. The van der Waals surface area contributed by atoms with Crippen LogP contribution in [0.25, 0.3) is 0 Å². The fraction of sp³-hybridized carbons (Fsp3) is 0.480. The lowest BCUT2D eigenvalue weighted by molar-refractivity contribution is 0.393. The Balaban J connectivity index is 0.00000385. The Bertz CT molecular complexity index is 905. The number of nitrogens with zero attached hydrogens (tertiary/aromatic N) is 3. The topological polar surface area (TPSA) is 61.4 Å². The maximum Gasteiger partial charge on any atom is 0.191 e. The molecule has 0 unspecified atom stereocenters. The van der Waals surface area contributed by atoms with E-state index in [9.17, 15) is 0 Å². The summed E-state index contributed by atoms with van der Waals surface area (Å²) < 4.78 is 10.8. The van der Waals surface area contributed by atoms with Crippen molar-refractivity contribution in [3.63, 3.8) is 0 Å². The SMILES string of the molecule is CN=C(NCc1ccc(C)cc1N(C)C)NC1CCN(c2cc(OC)cc(OC)c2)CC1.I. The third-order valence-corrected chi connectivity index (χ3v) is 5.93. The molecule has 7 nitrogen and oxygen atoms in total. The molecule has 8 heteroatoms. The standard InChI is InChI=1S/C25H37N5O2.HI/c1-18-7-8-19(24(13-18)29(3)4)17-27-25(26-2)28-20-9-11-30(12-10-20)21-14-22(31-5)16-23(15-21)32-6;/h7-8,13-16,20H,9-12,17H2,1-6H3,(H2,26,27,28);1H. The molecule has 1 heterocycles. The van der Waals surface area contributed by atoms with Gasteiger partial charge < -0.3 is 29.9 Å². The number of rotatable bonds is 7. The minimum Gasteiger partial charge on any atom is -0.497 e. The van der Waals surface area contributed by atoms with E-state index < -0.39 is 0 Å². The van der Waals surface area contributed by atoms with Gasteiger partial charge in [-0.2, -0.15) is 0 Å². The first kappa shape index (κ1) is 26.9. The van der Waals surface area contributed by atoms with E-state index in [1.54, 1.807) is 14.2 Å². The number of ether oxygens (including phenoxy) is 2. The van der Waals surface area contributed by atoms with Gasteiger partial charge in [-0.1, -0.05) is 12.1 Å². The van der Waals surface area contributed by atoms with Gasteiger partial charge in [-0.3, -0.25) is 4.99 Å². The summed E-state index contributed by atoms with van der Waals surface area (Å²) in [5, 5.41) is 7.09. The van der Waals surface area contributed by atoms with Crippen LogP contribution in [0.5, 0.6) is 11.5 Å². The Morgan fingerprint density at radius 1 is 1.06 bits per heavy atom. The van der Waals surface area contributed by atoms with E-state index in [0.717, 1.165) is 55.6 Å². The van der Waals surface area contributed by atoms with Gasteiger partial charge in [0.15, 0.2) is 5.96 Å². The van der Waals surface area contributed by atoms with Gasteiger partial charge in [0.25, 0.3) is 0 Å². The quantitative estimate of drug-likeness (QED) is 0.300. The average Bonchev–Trinajstić information content (AvgIpc) is 2.82. The van der Waals surface area contributed by atoms with Crippen LogP contribution in [0.1, 0.15) is 24.0 Å². The second-order valence-corrected chi connectivity index (χ2v) is 8.43. The molecule has 0 amide bonds. The van der Waals surface area contributed by atoms with Crippen molar-refractivity contribution in [2.24, 2.45) is 4.99 Å². The van der Waals surface area contributed by atoms with Crippen LogP contribution in [-0.4, -0.2) is 60.5 Å². The Labute approximate surface area is 215 Å². The van der Waals surface area contributed by atoms with Gasteiger partial charge in [0.2, 0.25) is 0 Å². The number of nitrogens with one attached hydrogen (secondary N) is 2. The molecule has 2 aromatic rings. The summed E-state index contributed by atoms with van der Waals surface area (Å²) in [5.74, 6) is 2.48. The second-order valence-electron chi connectivity index (χ2n) is 8.43. The first-order valence-corrected chi connectivity index (χ1v) is 11.2. The fourth-order valence-electron chi connectivity index (χ4n) is 4.06. The van der Waals surface area contributed by atoms with E-state index in [2.05, 4.69) is 76.8 Å². The highest BCUT2D eigenvalue weighted by atomic mass is 127. The number of aliphatic imine (C=N–C) groups is 1. The molecule has 0 bridgehead atoms. The van der Waals surface area contributed by atoms with Gasteiger partial charge in [-0.15, -0.1) is 24.0 Å². The van der Waals surface area contributed by atoms with E-state index in [-0.39, 0.29) is 24.0 Å². The molecular formula is C25H38IN5O2. The number of benzene rings is 2. The van der Waals surface area contributed by atoms with E-state index >= 15 is 0 Å². The predicted octanol–water partition coefficient (Wildman–Crippen LogP) is 4.03. The highest BCUT2D eigenvalue weighted by Crippen LogP contribution is 2.30. The van der Waals surface area contributed by atoms with Gasteiger partial charge in [-0.05, 0) is 37.0 Å². The van der Waals surface area contributed by atoms with Crippen molar-refractivity contribution in [1.82, 2.24) is 10.6 Å². The molecule has 0 saturated carbocycles. The Kier molecular flexibility index (Phi) is 10.4. The van der Waals surface area contributed by atoms with Crippen LogP contribution < -0.4 is 29.9 Å². The molecule has 1 fully saturated rings. The Morgan fingerprint density at radius 3 is 2.24 bits per heavy atom. The molecular weight excluding hydrogens is 529 g/mol. The molecule has 0 aliphatic carbocycles. The summed E-state index contributed by atoms with van der Waals surface area (Å²) in [7, 11) is 9.36. The fourth-order valence-corrected chi connectivity index (χ4v) is 4.06. The largest absolute Gasteiger partial charge is 0.497 e. The summed E-state index contributed by atoms with van der Waals surface area (Å²) in [6.45, 7) is 4.79. The van der Waals surface area contributed by atoms with Gasteiger partial charge >= 0.3 is 0 Å². The maximum atomic E-state index is 5.42. The third kappa shape index (κ3) is 7.31. The minimum absolute atomic E-state index is 0. The number of hydrogen-bond donors (Lipinski definition) is 2. The predicted molar refractivity (Wildman–Crippen MR) is 149 cm³/mol. The molecule has 0 spiro atoms. The Hall–Kier alpha value is -2.36. The number of hydrogen-bond acceptors (Lipinski definition) is 5. The van der Waals surface area contributed by atoms with Crippen LogP contribution in [-0.2, 0) is 6.54 Å². The lowest BCUT2D eigenvalue weighted by Crippen LogP contribution is -2.48. The number of methoxy groups -OCH3 is 2. The number of halogens is 1. The van der Waals surface area contributed by atoms with E-state index in [1.165, 1.54) is 16.8 Å². The molecule has 1 aliphatic heterocycles. The van der Waals surface area contributed by atoms with Gasteiger partial charge in [0.05, 0.1) is 14.2 Å². The number of guanidine groups is 1. The van der Waals surface area contributed by atoms with Crippen LogP contribution in [0, 0.1) is 6.92 Å². The van der Waals surface area contributed by atoms with Crippen molar-refractivity contribution in [3.8, 4) is 11.5 Å². The monoisotopic (exact) mass is 567 g/mol. The van der Waals surface area contributed by atoms with Gasteiger partial charge in [0, 0.05) is 76.4 Å². The zero-order chi connectivity index (χ0) is 23.1. The summed E-state index contributed by atoms with van der Waals surface area (Å²) in [6.07, 6.45) is 2.07. The van der Waals surface area contributed by atoms with Crippen LogP contribution in [0.3, 0.4) is 0 Å². The van der Waals surface area contributed by atoms with Crippen molar-refractivity contribution < 1.29 is 9.47 Å². The Morgan fingerprint density at radius 2 is 1.70 bits per heavy atom. The molecule has 0 atom stereocenters.